The number of amides is 1. The van der Waals surface area contributed by atoms with E-state index in [4.69, 9.17) is 5.73 Å². The Morgan fingerprint density at radius 2 is 2.05 bits per heavy atom. The van der Waals surface area contributed by atoms with Crippen molar-refractivity contribution in [3.8, 4) is 0 Å². The third-order valence-corrected chi connectivity index (χ3v) is 3.74. The Morgan fingerprint density at radius 3 is 2.63 bits per heavy atom. The molecule has 0 saturated carbocycles. The lowest BCUT2D eigenvalue weighted by atomic mass is 10.1. The van der Waals surface area contributed by atoms with Crippen LogP contribution in [0.4, 0.5) is 5.69 Å². The predicted molar refractivity (Wildman–Crippen MR) is 78.2 cm³/mol. The molecule has 0 atom stereocenters. The van der Waals surface area contributed by atoms with Gasteiger partial charge in [-0.15, -0.1) is 0 Å². The number of hydrogen-bond acceptors (Lipinski definition) is 3. The minimum absolute atomic E-state index is 0.224. The Hall–Kier alpha value is -1.55. The van der Waals surface area contributed by atoms with Gasteiger partial charge < -0.3 is 15.5 Å². The van der Waals surface area contributed by atoms with Gasteiger partial charge in [-0.3, -0.25) is 4.79 Å². The molecule has 1 amide bonds. The molecule has 0 radical (unpaired) electrons. The maximum absolute atomic E-state index is 12.1. The molecule has 2 N–H and O–H groups in total. The average Bonchev–Trinajstić information content (AvgIpc) is 2.92. The summed E-state index contributed by atoms with van der Waals surface area (Å²) in [6.07, 6.45) is 2.28. The number of nitrogens with two attached hydrogens (primary N) is 1. The van der Waals surface area contributed by atoms with Crippen molar-refractivity contribution in [2.45, 2.75) is 26.3 Å². The number of nitrogens with zero attached hydrogens (tertiary/aromatic N) is 2. The van der Waals surface area contributed by atoms with Crippen molar-refractivity contribution in [1.82, 2.24) is 4.90 Å². The molecule has 4 heteroatoms. The smallest absolute Gasteiger partial charge is 0.242 e. The van der Waals surface area contributed by atoms with Crippen LogP contribution < -0.4 is 10.6 Å². The Balaban J connectivity index is 2.02. The molecule has 0 spiro atoms. The lowest BCUT2D eigenvalue weighted by Gasteiger charge is -2.24. The standard InChI is InChI=1S/C15H23N3O/c1-12-9-13(10-16)5-6-14(12)17(2)11-15(19)18-7-3-4-8-18/h5-6,9H,3-4,7-8,10-11,16H2,1-2H3. The number of rotatable bonds is 4. The molecule has 2 rings (SSSR count). The second-order valence-electron chi connectivity index (χ2n) is 5.27. The lowest BCUT2D eigenvalue weighted by Crippen LogP contribution is -2.37. The second kappa shape index (κ2) is 6.06. The molecule has 1 aromatic carbocycles. The zero-order chi connectivity index (χ0) is 13.8. The topological polar surface area (TPSA) is 49.6 Å². The van der Waals surface area contributed by atoms with E-state index in [1.165, 1.54) is 5.56 Å². The second-order valence-corrected chi connectivity index (χ2v) is 5.27. The first-order chi connectivity index (χ1) is 9.11. The minimum atomic E-state index is 0.224. The normalized spacial score (nSPS) is 14.8. The van der Waals surface area contributed by atoms with Gasteiger partial charge in [-0.1, -0.05) is 12.1 Å². The van der Waals surface area contributed by atoms with Crippen LogP contribution in [-0.4, -0.2) is 37.5 Å². The Bertz CT molecular complexity index is 453. The fourth-order valence-corrected chi connectivity index (χ4v) is 2.63. The van der Waals surface area contributed by atoms with Crippen molar-refractivity contribution < 1.29 is 4.79 Å². The summed E-state index contributed by atoms with van der Waals surface area (Å²) in [4.78, 5) is 16.1. The number of likely N-dealkylation sites (tertiary alicyclic amines) is 1. The van der Waals surface area contributed by atoms with Gasteiger partial charge in [0.1, 0.15) is 0 Å². The fraction of sp³-hybridized carbons (Fsp3) is 0.533. The van der Waals surface area contributed by atoms with E-state index in [0.29, 0.717) is 13.1 Å². The van der Waals surface area contributed by atoms with E-state index >= 15 is 0 Å². The highest BCUT2D eigenvalue weighted by molar-refractivity contribution is 5.81. The van der Waals surface area contributed by atoms with Gasteiger partial charge in [-0.2, -0.15) is 0 Å². The van der Waals surface area contributed by atoms with Crippen molar-refractivity contribution in [3.63, 3.8) is 0 Å². The molecule has 1 aliphatic rings. The van der Waals surface area contributed by atoms with Crippen LogP contribution >= 0.6 is 0 Å². The highest BCUT2D eigenvalue weighted by Crippen LogP contribution is 2.20. The van der Waals surface area contributed by atoms with Gasteiger partial charge in [-0.05, 0) is 37.0 Å². The molecule has 0 unspecified atom stereocenters. The number of hydrogen-bond donors (Lipinski definition) is 1. The van der Waals surface area contributed by atoms with Crippen LogP contribution in [0.3, 0.4) is 0 Å². The molecular formula is C15H23N3O. The molecule has 104 valence electrons. The van der Waals surface area contributed by atoms with Crippen molar-refractivity contribution in [1.29, 1.82) is 0 Å². The van der Waals surface area contributed by atoms with Gasteiger partial charge >= 0.3 is 0 Å². The molecular weight excluding hydrogens is 238 g/mol. The van der Waals surface area contributed by atoms with E-state index in [1.807, 2.05) is 22.9 Å². The number of benzene rings is 1. The van der Waals surface area contributed by atoms with Crippen LogP contribution in [0.25, 0.3) is 0 Å². The molecule has 4 nitrogen and oxygen atoms in total. The Kier molecular flexibility index (Phi) is 4.43. The predicted octanol–water partition coefficient (Wildman–Crippen LogP) is 1.51. The molecule has 1 aromatic rings. The quantitative estimate of drug-likeness (QED) is 0.894. The third kappa shape index (κ3) is 3.26. The molecule has 0 aliphatic carbocycles. The molecule has 1 heterocycles. The largest absolute Gasteiger partial charge is 0.365 e. The van der Waals surface area contributed by atoms with Crippen LogP contribution in [0.5, 0.6) is 0 Å². The molecule has 19 heavy (non-hydrogen) atoms. The monoisotopic (exact) mass is 261 g/mol. The van der Waals surface area contributed by atoms with Crippen molar-refractivity contribution in [2.75, 3.05) is 31.6 Å². The van der Waals surface area contributed by atoms with E-state index in [-0.39, 0.29) is 5.91 Å². The van der Waals surface area contributed by atoms with Crippen LogP contribution in [-0.2, 0) is 11.3 Å². The van der Waals surface area contributed by atoms with Gasteiger partial charge in [0, 0.05) is 32.4 Å². The summed E-state index contributed by atoms with van der Waals surface area (Å²) in [5, 5.41) is 0. The van der Waals surface area contributed by atoms with Gasteiger partial charge in [0.05, 0.1) is 6.54 Å². The van der Waals surface area contributed by atoms with Crippen LogP contribution in [0.2, 0.25) is 0 Å². The minimum Gasteiger partial charge on any atom is -0.365 e. The summed E-state index contributed by atoms with van der Waals surface area (Å²) >= 11 is 0. The summed E-state index contributed by atoms with van der Waals surface area (Å²) in [5.74, 6) is 0.224. The summed E-state index contributed by atoms with van der Waals surface area (Å²) in [7, 11) is 1.97. The molecule has 1 saturated heterocycles. The highest BCUT2D eigenvalue weighted by atomic mass is 16.2. The van der Waals surface area contributed by atoms with Gasteiger partial charge in [-0.25, -0.2) is 0 Å². The number of anilines is 1. The van der Waals surface area contributed by atoms with E-state index in [1.54, 1.807) is 0 Å². The number of likely N-dealkylation sites (N-methyl/N-ethyl adjacent to an activating group) is 1. The van der Waals surface area contributed by atoms with E-state index in [0.717, 1.165) is 37.2 Å². The molecule has 1 fully saturated rings. The lowest BCUT2D eigenvalue weighted by molar-refractivity contribution is -0.128. The average molecular weight is 261 g/mol. The summed E-state index contributed by atoms with van der Waals surface area (Å²) in [6, 6.07) is 6.17. The first-order valence-corrected chi connectivity index (χ1v) is 6.90. The zero-order valence-corrected chi connectivity index (χ0v) is 11.9. The number of carbonyl (C=O) groups excluding carboxylic acids is 1. The van der Waals surface area contributed by atoms with Crippen LogP contribution in [0.15, 0.2) is 18.2 Å². The maximum atomic E-state index is 12.1. The molecule has 0 aromatic heterocycles. The van der Waals surface area contributed by atoms with Crippen LogP contribution in [0, 0.1) is 6.92 Å². The third-order valence-electron chi connectivity index (χ3n) is 3.74. The van der Waals surface area contributed by atoms with Crippen molar-refractivity contribution in [3.05, 3.63) is 29.3 Å². The van der Waals surface area contributed by atoms with Crippen molar-refractivity contribution >= 4 is 11.6 Å². The number of aryl methyl sites for hydroxylation is 1. The van der Waals surface area contributed by atoms with Gasteiger partial charge in [0.25, 0.3) is 0 Å². The van der Waals surface area contributed by atoms with E-state index < -0.39 is 0 Å². The summed E-state index contributed by atoms with van der Waals surface area (Å²) in [5.41, 5.74) is 9.03. The summed E-state index contributed by atoms with van der Waals surface area (Å²) in [6.45, 7) is 4.89. The fourth-order valence-electron chi connectivity index (χ4n) is 2.63. The van der Waals surface area contributed by atoms with Gasteiger partial charge in [0.15, 0.2) is 0 Å². The SMILES string of the molecule is Cc1cc(CN)ccc1N(C)CC(=O)N1CCCC1. The first kappa shape index (κ1) is 13.9. The Labute approximate surface area is 115 Å². The maximum Gasteiger partial charge on any atom is 0.242 e. The van der Waals surface area contributed by atoms with Crippen molar-refractivity contribution in [2.24, 2.45) is 5.73 Å². The number of carbonyl (C=O) groups is 1. The Morgan fingerprint density at radius 1 is 1.37 bits per heavy atom. The van der Waals surface area contributed by atoms with Crippen LogP contribution in [0.1, 0.15) is 24.0 Å². The first-order valence-electron chi connectivity index (χ1n) is 6.90. The summed E-state index contributed by atoms with van der Waals surface area (Å²) < 4.78 is 0. The zero-order valence-electron chi connectivity index (χ0n) is 11.9. The molecule has 0 bridgehead atoms. The van der Waals surface area contributed by atoms with Gasteiger partial charge in [0.2, 0.25) is 5.91 Å². The molecule has 1 aliphatic heterocycles. The van der Waals surface area contributed by atoms with E-state index in [9.17, 15) is 4.79 Å². The van der Waals surface area contributed by atoms with E-state index in [2.05, 4.69) is 19.1 Å². The highest BCUT2D eigenvalue weighted by Gasteiger charge is 2.19.